The number of nitrogens with two attached hydrogens (primary N) is 1. The van der Waals surface area contributed by atoms with Crippen LogP contribution in [0.15, 0.2) is 54.6 Å². The predicted molar refractivity (Wildman–Crippen MR) is 248 cm³/mol. The van der Waals surface area contributed by atoms with Crippen LogP contribution in [0.4, 0.5) is 72.3 Å². The van der Waals surface area contributed by atoms with Crippen molar-refractivity contribution in [2.75, 3.05) is 22.1 Å². The number of hydrogen-bond donors (Lipinski definition) is 2. The summed E-state index contributed by atoms with van der Waals surface area (Å²) in [6.45, 7) is 1.75. The monoisotopic (exact) mass is 1090 g/mol. The van der Waals surface area contributed by atoms with Gasteiger partial charge in [-0.1, -0.05) is 48.0 Å². The summed E-state index contributed by atoms with van der Waals surface area (Å²) in [7, 11) is 0. The van der Waals surface area contributed by atoms with Gasteiger partial charge in [0.1, 0.15) is 16.9 Å². The van der Waals surface area contributed by atoms with Crippen LogP contribution in [0, 0.1) is 37.9 Å². The van der Waals surface area contributed by atoms with Crippen LogP contribution in [0.25, 0.3) is 0 Å². The quantitative estimate of drug-likeness (QED) is 0.0510. The van der Waals surface area contributed by atoms with Crippen molar-refractivity contribution in [3.8, 4) is 0 Å². The van der Waals surface area contributed by atoms with Crippen LogP contribution in [0.5, 0.6) is 0 Å². The fourth-order valence-electron chi connectivity index (χ4n) is 9.76. The van der Waals surface area contributed by atoms with Crippen LogP contribution in [-0.4, -0.2) is 52.2 Å². The third kappa shape index (κ3) is 19.8. The molecule has 0 aromatic heterocycles. The molecule has 0 radical (unpaired) electrons. The van der Waals surface area contributed by atoms with Crippen LogP contribution in [0.1, 0.15) is 131 Å². The SMILES string of the molecule is C.C.C.C1CC2CCC1C2.CCO.Cl.Nc1ccc(N2C3CCC2CC3)cc1C(F)(F)F.O=CO[O-].O=[N+]([O-])c1ccc(F)cc1C(F)(F)F.O=[N+]([O-])c1ccc(N2C3CCC2CC3)cc1C(F)(F)F.[H-].[Na+].[Na+]. The molecule has 0 spiro atoms. The number of nitrogens with zero attached hydrogens (tertiary/aromatic N) is 4. The molecule has 13 nitrogen and oxygen atoms in total. The number of carbonyl (C=O) groups is 1. The predicted octanol–water partition coefficient (Wildman–Crippen LogP) is 7.00. The molecule has 3 N–H and O–H groups in total. The van der Waals surface area contributed by atoms with Crippen LogP contribution in [-0.2, 0) is 28.2 Å². The van der Waals surface area contributed by atoms with E-state index in [1.54, 1.807) is 45.1 Å². The first-order valence-corrected chi connectivity index (χ1v) is 21.2. The Bertz CT molecular complexity index is 2080. The van der Waals surface area contributed by atoms with E-state index in [0.29, 0.717) is 35.6 Å². The summed E-state index contributed by atoms with van der Waals surface area (Å²) in [5.41, 5.74) is 0.850. The second kappa shape index (κ2) is 32.3. The number of anilines is 3. The van der Waals surface area contributed by atoms with E-state index in [1.165, 1.54) is 30.0 Å². The van der Waals surface area contributed by atoms with Gasteiger partial charge in [0.2, 0.25) is 0 Å². The van der Waals surface area contributed by atoms with Crippen LogP contribution < -0.4 is 79.9 Å². The van der Waals surface area contributed by atoms with Gasteiger partial charge in [-0.25, -0.2) is 4.39 Å². The first kappa shape index (κ1) is 73.1. The fourth-order valence-corrected chi connectivity index (χ4v) is 9.76. The summed E-state index contributed by atoms with van der Waals surface area (Å²) in [6.07, 6.45) is 2.14. The Morgan fingerprint density at radius 1 is 0.639 bits per heavy atom. The Balaban J connectivity index is -0.000000417. The van der Waals surface area contributed by atoms with E-state index in [-0.39, 0.29) is 132 Å². The molecular formula is C46H64ClF10N5Na2O8. The normalized spacial score (nSPS) is 21.2. The molecule has 6 bridgehead atoms. The average molecular weight is 1090 g/mol. The minimum Gasteiger partial charge on any atom is -1.00 e. The molecule has 2 aliphatic carbocycles. The molecule has 4 saturated heterocycles. The maximum Gasteiger partial charge on any atom is 1.00 e. The van der Waals surface area contributed by atoms with Crippen molar-refractivity contribution < 1.29 is 134 Å². The molecule has 72 heavy (non-hydrogen) atoms. The number of aliphatic hydroxyl groups is 1. The molecule has 3 aromatic rings. The van der Waals surface area contributed by atoms with Crippen molar-refractivity contribution in [2.45, 2.75) is 155 Å². The maximum atomic E-state index is 13.0. The Labute approximate surface area is 465 Å². The molecule has 4 heterocycles. The first-order chi connectivity index (χ1) is 30.9. The molecule has 26 heteroatoms. The molecule has 0 atom stereocenters. The van der Waals surface area contributed by atoms with Gasteiger partial charge in [-0.05, 0) is 119 Å². The number of halogens is 11. The van der Waals surface area contributed by atoms with Gasteiger partial charge in [0.25, 0.3) is 17.8 Å². The van der Waals surface area contributed by atoms with E-state index < -0.39 is 62.3 Å². The number of nitro benzene ring substituents is 2. The second-order valence-electron chi connectivity index (χ2n) is 16.5. The maximum absolute atomic E-state index is 13.0. The minimum absolute atomic E-state index is 0. The summed E-state index contributed by atoms with van der Waals surface area (Å²) >= 11 is 0. The molecule has 4 aliphatic heterocycles. The summed E-state index contributed by atoms with van der Waals surface area (Å²) < 4.78 is 126. The molecule has 3 aromatic carbocycles. The van der Waals surface area contributed by atoms with Gasteiger partial charge in [-0.3, -0.25) is 25.0 Å². The number of alkyl halides is 9. The third-order valence-electron chi connectivity index (χ3n) is 12.5. The summed E-state index contributed by atoms with van der Waals surface area (Å²) in [5.74, 6) is 1.18. The molecule has 0 amide bonds. The molecule has 0 unspecified atom stereocenters. The van der Waals surface area contributed by atoms with Crippen LogP contribution in [0.3, 0.4) is 0 Å². The fraction of sp³-hybridized carbons (Fsp3) is 0.587. The summed E-state index contributed by atoms with van der Waals surface area (Å²) in [4.78, 5) is 34.1. The first-order valence-electron chi connectivity index (χ1n) is 21.2. The smallest absolute Gasteiger partial charge is 1.00 e. The second-order valence-corrected chi connectivity index (χ2v) is 16.5. The van der Waals surface area contributed by atoms with E-state index in [9.17, 15) is 64.1 Å². The van der Waals surface area contributed by atoms with Crippen molar-refractivity contribution >= 4 is 47.3 Å². The van der Waals surface area contributed by atoms with E-state index in [0.717, 1.165) is 63.5 Å². The average Bonchev–Trinajstić information content (AvgIpc) is 4.15. The zero-order valence-electron chi connectivity index (χ0n) is 39.0. The van der Waals surface area contributed by atoms with Crippen molar-refractivity contribution in [1.82, 2.24) is 0 Å². The standard InChI is InChI=1S/C13H13F3N2O2.C13H15F3N2.C7H3F4NO2.C7H12.C2H6O.CH2O3.3CH4.ClH.2Na.H/c14-13(15,16)11-7-10(5-6-12(11)18(19)20)17-8-1-2-9(17)4-3-8;14-13(15,16)11-7-10(5-6-12(11)17)18-8-1-2-9(18)4-3-8;8-4-1-2-6(12(13)14)5(3-4)7(9,10)11;1-2-7-4-3-6(1)5-7;1-2-3;2-1-4-3;;;;;;;/h5-9H,1-4H2;5-9H,1-4,17H2;1-3H;6-7H,1-5H2;3H,2H2,1H3;1,3H;3*1H4;1H;;;/q;;;;;;;;;;2*+1;-1/p-1. The van der Waals surface area contributed by atoms with Gasteiger partial charge >= 0.3 is 77.6 Å². The van der Waals surface area contributed by atoms with Crippen molar-refractivity contribution in [1.29, 1.82) is 0 Å². The zero-order valence-corrected chi connectivity index (χ0v) is 42.8. The topological polar surface area (TPSA) is 188 Å². The van der Waals surface area contributed by atoms with Gasteiger partial charge < -0.3 is 32.2 Å². The third-order valence-corrected chi connectivity index (χ3v) is 12.5. The number of rotatable bonds is 5. The minimum atomic E-state index is -4.93. The summed E-state index contributed by atoms with van der Waals surface area (Å²) in [6, 6.07) is 10.2. The molecule has 2 saturated carbocycles. The molecule has 9 rings (SSSR count). The molecule has 6 aliphatic rings. The van der Waals surface area contributed by atoms with Gasteiger partial charge in [0.05, 0.1) is 15.4 Å². The molecular weight excluding hydrogens is 1020 g/mol. The zero-order chi connectivity index (χ0) is 49.1. The number of aliphatic hydroxyl groups excluding tert-OH is 1. The largest absolute Gasteiger partial charge is 1.00 e. The van der Waals surface area contributed by atoms with Crippen molar-refractivity contribution in [2.24, 2.45) is 11.8 Å². The van der Waals surface area contributed by atoms with Gasteiger partial charge in [-0.2, -0.15) is 39.5 Å². The number of carbonyl (C=O) groups excluding carboxylic acids is 1. The van der Waals surface area contributed by atoms with Gasteiger partial charge in [0, 0.05) is 60.0 Å². The molecule has 400 valence electrons. The van der Waals surface area contributed by atoms with E-state index >= 15 is 0 Å². The van der Waals surface area contributed by atoms with E-state index in [2.05, 4.69) is 9.79 Å². The number of nitrogen functional groups attached to an aromatic ring is 1. The number of fused-ring (bicyclic) bond motifs is 6. The van der Waals surface area contributed by atoms with Crippen molar-refractivity contribution in [3.63, 3.8) is 0 Å². The Hall–Kier alpha value is -3.16. The van der Waals surface area contributed by atoms with Gasteiger partial charge in [0.15, 0.2) is 0 Å². The number of hydrogen-bond acceptors (Lipinski definition) is 11. The van der Waals surface area contributed by atoms with Gasteiger partial charge in [-0.15, -0.1) is 12.4 Å². The van der Waals surface area contributed by atoms with E-state index in [1.807, 2.05) is 4.90 Å². The van der Waals surface area contributed by atoms with E-state index in [4.69, 9.17) is 20.9 Å². The Morgan fingerprint density at radius 2 is 0.931 bits per heavy atom. The molecule has 6 fully saturated rings. The summed E-state index contributed by atoms with van der Waals surface area (Å²) in [5, 5.41) is 36.9. The van der Waals surface area contributed by atoms with Crippen molar-refractivity contribution in [3.05, 3.63) is 97.3 Å². The Morgan fingerprint density at radius 3 is 1.21 bits per heavy atom. The van der Waals surface area contributed by atoms with Crippen LogP contribution in [0.2, 0.25) is 0 Å². The number of nitro groups is 2. The van der Waals surface area contributed by atoms with Crippen LogP contribution >= 0.6 is 12.4 Å². The Kier molecular flexibility index (Phi) is 32.8. The number of benzene rings is 3.